The van der Waals surface area contributed by atoms with Crippen LogP contribution in [0.4, 0.5) is 0 Å². The van der Waals surface area contributed by atoms with E-state index in [2.05, 4.69) is 0 Å². The summed E-state index contributed by atoms with van der Waals surface area (Å²) in [7, 11) is 0. The van der Waals surface area contributed by atoms with Gasteiger partial charge in [-0.15, -0.1) is 0 Å². The Bertz CT molecular complexity index is 876. The second-order valence-corrected chi connectivity index (χ2v) is 6.67. The standard InChI is InChI=1S/C21H18O4S/c22-12-13-25-16-8-11-19(20(23)14-16)21(24)15-6-9-18(10-7-15)26-17-4-2-1-3-5-17/h1-11,14,22-23H,12-13H2. The van der Waals surface area contributed by atoms with E-state index in [-0.39, 0.29) is 30.3 Å². The highest BCUT2D eigenvalue weighted by atomic mass is 32.2. The number of hydrogen-bond acceptors (Lipinski definition) is 5. The highest BCUT2D eigenvalue weighted by Gasteiger charge is 2.14. The molecule has 132 valence electrons. The summed E-state index contributed by atoms with van der Waals surface area (Å²) in [6, 6.07) is 21.8. The van der Waals surface area contributed by atoms with Gasteiger partial charge in [0.05, 0.1) is 12.2 Å². The highest BCUT2D eigenvalue weighted by molar-refractivity contribution is 7.99. The van der Waals surface area contributed by atoms with Crippen LogP contribution in [0.25, 0.3) is 0 Å². The molecule has 3 aromatic carbocycles. The van der Waals surface area contributed by atoms with Crippen molar-refractivity contribution in [1.29, 1.82) is 0 Å². The lowest BCUT2D eigenvalue weighted by Crippen LogP contribution is -2.04. The molecular formula is C21H18O4S. The molecule has 0 aliphatic rings. The molecule has 3 aromatic rings. The second-order valence-electron chi connectivity index (χ2n) is 5.52. The molecule has 0 fully saturated rings. The van der Waals surface area contributed by atoms with Gasteiger partial charge in [-0.3, -0.25) is 4.79 Å². The molecule has 4 nitrogen and oxygen atoms in total. The zero-order chi connectivity index (χ0) is 18.4. The van der Waals surface area contributed by atoms with Crippen molar-refractivity contribution >= 4 is 17.5 Å². The van der Waals surface area contributed by atoms with E-state index in [0.29, 0.717) is 11.3 Å². The van der Waals surface area contributed by atoms with Gasteiger partial charge in [-0.05, 0) is 48.5 Å². The zero-order valence-corrected chi connectivity index (χ0v) is 14.8. The van der Waals surface area contributed by atoms with E-state index >= 15 is 0 Å². The van der Waals surface area contributed by atoms with Crippen molar-refractivity contribution < 1.29 is 19.7 Å². The number of phenolic OH excluding ortho intramolecular Hbond substituents is 1. The fourth-order valence-electron chi connectivity index (χ4n) is 2.41. The first-order valence-corrected chi connectivity index (χ1v) is 8.93. The van der Waals surface area contributed by atoms with Crippen LogP contribution < -0.4 is 4.74 Å². The van der Waals surface area contributed by atoms with Crippen molar-refractivity contribution in [2.45, 2.75) is 9.79 Å². The van der Waals surface area contributed by atoms with E-state index in [1.165, 1.54) is 12.1 Å². The summed E-state index contributed by atoms with van der Waals surface area (Å²) in [5.74, 6) is 0.00311. The Balaban J connectivity index is 1.73. The largest absolute Gasteiger partial charge is 0.507 e. The highest BCUT2D eigenvalue weighted by Crippen LogP contribution is 2.29. The minimum atomic E-state index is -0.257. The molecule has 0 saturated carbocycles. The van der Waals surface area contributed by atoms with E-state index in [0.717, 1.165) is 9.79 Å². The fourth-order valence-corrected chi connectivity index (χ4v) is 3.25. The summed E-state index contributed by atoms with van der Waals surface area (Å²) in [6.45, 7) is 0.0159. The molecule has 0 aliphatic heterocycles. The summed E-state index contributed by atoms with van der Waals surface area (Å²) >= 11 is 1.62. The van der Waals surface area contributed by atoms with E-state index in [4.69, 9.17) is 9.84 Å². The third-order valence-electron chi connectivity index (χ3n) is 3.67. The molecule has 0 spiro atoms. The van der Waals surface area contributed by atoms with Crippen LogP contribution in [-0.2, 0) is 0 Å². The van der Waals surface area contributed by atoms with Gasteiger partial charge >= 0.3 is 0 Å². The third kappa shape index (κ3) is 4.45. The number of rotatable bonds is 7. The van der Waals surface area contributed by atoms with Crippen LogP contribution in [0.1, 0.15) is 15.9 Å². The van der Waals surface area contributed by atoms with Gasteiger partial charge in [0.2, 0.25) is 0 Å². The van der Waals surface area contributed by atoms with Gasteiger partial charge in [0.15, 0.2) is 5.78 Å². The first kappa shape index (κ1) is 18.0. The number of aliphatic hydroxyl groups is 1. The molecule has 0 bridgehead atoms. The predicted octanol–water partition coefficient (Wildman–Crippen LogP) is 4.15. The third-order valence-corrected chi connectivity index (χ3v) is 4.68. The van der Waals surface area contributed by atoms with Crippen molar-refractivity contribution in [2.24, 2.45) is 0 Å². The lowest BCUT2D eigenvalue weighted by atomic mass is 10.0. The second kappa shape index (κ2) is 8.56. The normalized spacial score (nSPS) is 10.5. The Morgan fingerprint density at radius 1 is 0.923 bits per heavy atom. The molecule has 0 heterocycles. The van der Waals surface area contributed by atoms with Gasteiger partial charge in [-0.2, -0.15) is 0 Å². The molecular weight excluding hydrogens is 348 g/mol. The quantitative estimate of drug-likeness (QED) is 0.615. The van der Waals surface area contributed by atoms with Gasteiger partial charge in [0.1, 0.15) is 18.1 Å². The molecule has 0 unspecified atom stereocenters. The van der Waals surface area contributed by atoms with Crippen LogP contribution in [0, 0.1) is 0 Å². The van der Waals surface area contributed by atoms with Crippen LogP contribution in [0.5, 0.6) is 11.5 Å². The van der Waals surface area contributed by atoms with Gasteiger partial charge < -0.3 is 14.9 Å². The number of carbonyl (C=O) groups is 1. The molecule has 0 saturated heterocycles. The van der Waals surface area contributed by atoms with Gasteiger partial charge in [0.25, 0.3) is 0 Å². The fraction of sp³-hybridized carbons (Fsp3) is 0.0952. The average molecular weight is 366 g/mol. The summed E-state index contributed by atoms with van der Waals surface area (Å²) in [5, 5.41) is 18.9. The predicted molar refractivity (Wildman–Crippen MR) is 101 cm³/mol. The summed E-state index contributed by atoms with van der Waals surface area (Å²) in [6.07, 6.45) is 0. The Morgan fingerprint density at radius 2 is 1.62 bits per heavy atom. The Morgan fingerprint density at radius 3 is 2.27 bits per heavy atom. The van der Waals surface area contributed by atoms with E-state index < -0.39 is 0 Å². The van der Waals surface area contributed by atoms with Crippen LogP contribution in [-0.4, -0.2) is 29.2 Å². The average Bonchev–Trinajstić information content (AvgIpc) is 2.67. The first-order chi connectivity index (χ1) is 12.7. The summed E-state index contributed by atoms with van der Waals surface area (Å²) in [5.41, 5.74) is 0.714. The maximum atomic E-state index is 12.6. The maximum absolute atomic E-state index is 12.6. The number of aromatic hydroxyl groups is 1. The van der Waals surface area contributed by atoms with Crippen LogP contribution >= 0.6 is 11.8 Å². The number of carbonyl (C=O) groups excluding carboxylic acids is 1. The number of aliphatic hydroxyl groups excluding tert-OH is 1. The number of hydrogen-bond donors (Lipinski definition) is 2. The van der Waals surface area contributed by atoms with Crippen molar-refractivity contribution in [3.8, 4) is 11.5 Å². The molecule has 0 radical (unpaired) electrons. The van der Waals surface area contributed by atoms with Crippen molar-refractivity contribution in [2.75, 3.05) is 13.2 Å². The van der Waals surface area contributed by atoms with Crippen LogP contribution in [0.3, 0.4) is 0 Å². The minimum absolute atomic E-state index is 0.116. The number of phenols is 1. The molecule has 3 rings (SSSR count). The first-order valence-electron chi connectivity index (χ1n) is 8.12. The molecule has 0 atom stereocenters. The summed E-state index contributed by atoms with van der Waals surface area (Å²) < 4.78 is 5.22. The van der Waals surface area contributed by atoms with E-state index in [9.17, 15) is 9.90 Å². The summed E-state index contributed by atoms with van der Waals surface area (Å²) in [4.78, 5) is 14.8. The molecule has 5 heteroatoms. The topological polar surface area (TPSA) is 66.8 Å². The molecule has 26 heavy (non-hydrogen) atoms. The van der Waals surface area contributed by atoms with Gasteiger partial charge in [-0.1, -0.05) is 30.0 Å². The van der Waals surface area contributed by atoms with Crippen molar-refractivity contribution in [3.05, 3.63) is 83.9 Å². The SMILES string of the molecule is O=C(c1ccc(Sc2ccccc2)cc1)c1ccc(OCCO)cc1O. The Labute approximate surface area is 156 Å². The lowest BCUT2D eigenvalue weighted by molar-refractivity contribution is 0.103. The Hall–Kier alpha value is -2.76. The lowest BCUT2D eigenvalue weighted by Gasteiger charge is -2.08. The number of ether oxygens (including phenoxy) is 1. The van der Waals surface area contributed by atoms with Gasteiger partial charge in [-0.25, -0.2) is 0 Å². The van der Waals surface area contributed by atoms with Crippen molar-refractivity contribution in [1.82, 2.24) is 0 Å². The van der Waals surface area contributed by atoms with E-state index in [1.54, 1.807) is 30.0 Å². The minimum Gasteiger partial charge on any atom is -0.507 e. The molecule has 2 N–H and O–H groups in total. The molecule has 0 aromatic heterocycles. The molecule has 0 amide bonds. The monoisotopic (exact) mass is 366 g/mol. The van der Waals surface area contributed by atoms with Crippen LogP contribution in [0.2, 0.25) is 0 Å². The zero-order valence-electron chi connectivity index (χ0n) is 14.0. The van der Waals surface area contributed by atoms with Crippen LogP contribution in [0.15, 0.2) is 82.6 Å². The van der Waals surface area contributed by atoms with Crippen molar-refractivity contribution in [3.63, 3.8) is 0 Å². The smallest absolute Gasteiger partial charge is 0.196 e. The maximum Gasteiger partial charge on any atom is 0.196 e. The molecule has 0 aliphatic carbocycles. The Kier molecular flexibility index (Phi) is 5.94. The number of ketones is 1. The van der Waals surface area contributed by atoms with E-state index in [1.807, 2.05) is 42.5 Å². The van der Waals surface area contributed by atoms with Gasteiger partial charge in [0, 0.05) is 21.4 Å². The number of benzene rings is 3.